The van der Waals surface area contributed by atoms with Crippen LogP contribution in [0.2, 0.25) is 5.02 Å². The molecule has 9 nitrogen and oxygen atoms in total. The van der Waals surface area contributed by atoms with E-state index in [2.05, 4.69) is 20.6 Å². The van der Waals surface area contributed by atoms with Crippen LogP contribution < -0.4 is 10.9 Å². The molecule has 2 aromatic heterocycles. The van der Waals surface area contributed by atoms with Crippen LogP contribution in [0.5, 0.6) is 0 Å². The van der Waals surface area contributed by atoms with E-state index in [4.69, 9.17) is 16.3 Å². The maximum absolute atomic E-state index is 12.6. The molecule has 1 aromatic carbocycles. The number of benzene rings is 1. The van der Waals surface area contributed by atoms with E-state index in [9.17, 15) is 9.59 Å². The van der Waals surface area contributed by atoms with E-state index in [-0.39, 0.29) is 24.1 Å². The molecule has 1 fully saturated rings. The van der Waals surface area contributed by atoms with Crippen LogP contribution in [0.4, 0.5) is 0 Å². The lowest BCUT2D eigenvalue weighted by molar-refractivity contribution is -0.122. The summed E-state index contributed by atoms with van der Waals surface area (Å²) in [6.45, 7) is 1.02. The molecule has 1 amide bonds. The van der Waals surface area contributed by atoms with E-state index in [0.29, 0.717) is 22.9 Å². The molecule has 0 saturated carbocycles. The van der Waals surface area contributed by atoms with Gasteiger partial charge in [-0.15, -0.1) is 5.10 Å². The molecular weight excluding hydrogens is 372 g/mol. The second kappa shape index (κ2) is 7.45. The second-order valence-corrected chi connectivity index (χ2v) is 6.71. The lowest BCUT2D eigenvalue weighted by Gasteiger charge is -2.11. The van der Waals surface area contributed by atoms with Gasteiger partial charge in [-0.05, 0) is 31.0 Å². The van der Waals surface area contributed by atoms with Crippen LogP contribution in [-0.2, 0) is 16.1 Å². The fourth-order valence-corrected chi connectivity index (χ4v) is 3.17. The normalized spacial score (nSPS) is 16.7. The number of hydrogen-bond acceptors (Lipinski definition) is 6. The van der Waals surface area contributed by atoms with Crippen LogP contribution in [0.15, 0.2) is 35.4 Å². The van der Waals surface area contributed by atoms with Gasteiger partial charge in [0.15, 0.2) is 11.2 Å². The quantitative estimate of drug-likeness (QED) is 0.697. The van der Waals surface area contributed by atoms with Gasteiger partial charge in [0.25, 0.3) is 5.56 Å². The molecule has 1 saturated heterocycles. The summed E-state index contributed by atoms with van der Waals surface area (Å²) in [5, 5.41) is 11.2. The summed E-state index contributed by atoms with van der Waals surface area (Å²) in [7, 11) is 0. The van der Waals surface area contributed by atoms with E-state index in [1.54, 1.807) is 24.3 Å². The third-order valence-electron chi connectivity index (χ3n) is 4.35. The van der Waals surface area contributed by atoms with E-state index >= 15 is 0 Å². The maximum atomic E-state index is 12.6. The zero-order valence-electron chi connectivity index (χ0n) is 14.3. The molecule has 0 radical (unpaired) electrons. The lowest BCUT2D eigenvalue weighted by Crippen LogP contribution is -2.36. The Morgan fingerprint density at radius 1 is 1.41 bits per heavy atom. The molecule has 1 aliphatic heterocycles. The first-order chi connectivity index (χ1) is 13.1. The van der Waals surface area contributed by atoms with Gasteiger partial charge in [0.05, 0.1) is 11.8 Å². The summed E-state index contributed by atoms with van der Waals surface area (Å²) < 4.78 is 8.11. The Bertz CT molecular complexity index is 1040. The highest BCUT2D eigenvalue weighted by atomic mass is 35.5. The van der Waals surface area contributed by atoms with Gasteiger partial charge in [0, 0.05) is 18.2 Å². The third kappa shape index (κ3) is 3.69. The predicted molar refractivity (Wildman–Crippen MR) is 97.9 cm³/mol. The van der Waals surface area contributed by atoms with Gasteiger partial charge < -0.3 is 10.1 Å². The Kier molecular flexibility index (Phi) is 4.87. The van der Waals surface area contributed by atoms with Crippen molar-refractivity contribution < 1.29 is 9.53 Å². The minimum absolute atomic E-state index is 0.0453. The van der Waals surface area contributed by atoms with Crippen molar-refractivity contribution in [2.75, 3.05) is 13.2 Å². The first kappa shape index (κ1) is 17.6. The van der Waals surface area contributed by atoms with Crippen molar-refractivity contribution in [1.82, 2.24) is 29.9 Å². The van der Waals surface area contributed by atoms with Crippen molar-refractivity contribution in [2.45, 2.75) is 25.5 Å². The van der Waals surface area contributed by atoms with Crippen molar-refractivity contribution in [3.63, 3.8) is 0 Å². The largest absolute Gasteiger partial charge is 0.376 e. The molecule has 4 rings (SSSR count). The van der Waals surface area contributed by atoms with Crippen LogP contribution in [0.1, 0.15) is 12.8 Å². The standard InChI is InChI=1S/C17H17ClN6O3/c18-11-3-1-4-12(7-11)24-16-15(21-22-24)17(26)23(10-20-16)9-14(25)19-8-13-5-2-6-27-13/h1,3-4,7,10,13H,2,5-6,8-9H2,(H,19,25)/t13-/m0/s1. The number of carbonyl (C=O) groups is 1. The molecule has 0 bridgehead atoms. The minimum atomic E-state index is -0.430. The Morgan fingerprint density at radius 3 is 3.07 bits per heavy atom. The predicted octanol–water partition coefficient (Wildman–Crippen LogP) is 0.926. The highest BCUT2D eigenvalue weighted by Gasteiger charge is 2.18. The van der Waals surface area contributed by atoms with Crippen molar-refractivity contribution in [1.29, 1.82) is 0 Å². The number of carbonyl (C=O) groups excluding carboxylic acids is 1. The first-order valence-electron chi connectivity index (χ1n) is 8.57. The zero-order valence-corrected chi connectivity index (χ0v) is 15.1. The molecule has 3 heterocycles. The minimum Gasteiger partial charge on any atom is -0.376 e. The second-order valence-electron chi connectivity index (χ2n) is 6.27. The average Bonchev–Trinajstić information content (AvgIpc) is 3.32. The van der Waals surface area contributed by atoms with Gasteiger partial charge in [0.1, 0.15) is 12.9 Å². The van der Waals surface area contributed by atoms with E-state index in [1.807, 2.05) is 0 Å². The first-order valence-corrected chi connectivity index (χ1v) is 8.95. The monoisotopic (exact) mass is 388 g/mol. The Labute approximate surface area is 158 Å². The molecule has 0 spiro atoms. The summed E-state index contributed by atoms with van der Waals surface area (Å²) in [4.78, 5) is 29.0. The summed E-state index contributed by atoms with van der Waals surface area (Å²) in [6.07, 6.45) is 3.30. The maximum Gasteiger partial charge on any atom is 0.284 e. The molecule has 1 aliphatic rings. The Hall–Kier alpha value is -2.78. The number of hydrogen-bond donors (Lipinski definition) is 1. The molecule has 0 unspecified atom stereocenters. The van der Waals surface area contributed by atoms with Crippen LogP contribution >= 0.6 is 11.6 Å². The number of ether oxygens (including phenoxy) is 1. The van der Waals surface area contributed by atoms with Gasteiger partial charge in [-0.3, -0.25) is 14.2 Å². The van der Waals surface area contributed by atoms with Gasteiger partial charge in [-0.25, -0.2) is 4.98 Å². The number of fused-ring (bicyclic) bond motifs is 1. The number of halogens is 1. The molecule has 3 aromatic rings. The highest BCUT2D eigenvalue weighted by Crippen LogP contribution is 2.16. The molecule has 140 valence electrons. The Balaban J connectivity index is 1.54. The number of nitrogens with one attached hydrogen (secondary N) is 1. The van der Waals surface area contributed by atoms with Crippen molar-refractivity contribution in [3.05, 3.63) is 46.0 Å². The van der Waals surface area contributed by atoms with Gasteiger partial charge in [-0.1, -0.05) is 22.9 Å². The van der Waals surface area contributed by atoms with Crippen molar-refractivity contribution in [2.24, 2.45) is 0 Å². The smallest absolute Gasteiger partial charge is 0.284 e. The zero-order chi connectivity index (χ0) is 18.8. The van der Waals surface area contributed by atoms with Crippen molar-refractivity contribution >= 4 is 28.7 Å². The lowest BCUT2D eigenvalue weighted by atomic mass is 10.2. The summed E-state index contributed by atoms with van der Waals surface area (Å²) in [5.74, 6) is -0.281. The average molecular weight is 389 g/mol. The molecule has 0 aliphatic carbocycles. The molecule has 1 atom stereocenters. The third-order valence-corrected chi connectivity index (χ3v) is 4.58. The van der Waals surface area contributed by atoms with E-state index < -0.39 is 5.56 Å². The van der Waals surface area contributed by atoms with Gasteiger partial charge in [-0.2, -0.15) is 4.68 Å². The van der Waals surface area contributed by atoms with Crippen LogP contribution in [0.25, 0.3) is 16.9 Å². The topological polar surface area (TPSA) is 104 Å². The van der Waals surface area contributed by atoms with Crippen LogP contribution in [0, 0.1) is 0 Å². The van der Waals surface area contributed by atoms with Gasteiger partial charge >= 0.3 is 0 Å². The summed E-state index contributed by atoms with van der Waals surface area (Å²) in [5.41, 5.74) is 0.604. The fourth-order valence-electron chi connectivity index (χ4n) is 2.98. The Morgan fingerprint density at radius 2 is 2.30 bits per heavy atom. The number of amides is 1. The number of rotatable bonds is 5. The van der Waals surface area contributed by atoms with Gasteiger partial charge in [0.2, 0.25) is 5.91 Å². The molecule has 27 heavy (non-hydrogen) atoms. The van der Waals surface area contributed by atoms with E-state index in [1.165, 1.54) is 15.6 Å². The number of nitrogens with zero attached hydrogens (tertiary/aromatic N) is 5. The van der Waals surface area contributed by atoms with Crippen LogP contribution in [0.3, 0.4) is 0 Å². The molecular formula is C17H17ClN6O3. The van der Waals surface area contributed by atoms with Crippen LogP contribution in [-0.4, -0.2) is 49.7 Å². The number of aromatic nitrogens is 5. The van der Waals surface area contributed by atoms with E-state index in [0.717, 1.165) is 19.4 Å². The fraction of sp³-hybridized carbons (Fsp3) is 0.353. The summed E-state index contributed by atoms with van der Waals surface area (Å²) >= 11 is 6.00. The van der Waals surface area contributed by atoms with Crippen molar-refractivity contribution in [3.8, 4) is 5.69 Å². The molecule has 10 heteroatoms. The summed E-state index contributed by atoms with van der Waals surface area (Å²) in [6, 6.07) is 6.98. The molecule has 1 N–H and O–H groups in total. The highest BCUT2D eigenvalue weighted by molar-refractivity contribution is 6.30. The SMILES string of the molecule is O=C(Cn1cnc2c(nnn2-c2cccc(Cl)c2)c1=O)NC[C@@H]1CCCO1.